The van der Waals surface area contributed by atoms with E-state index in [1.807, 2.05) is 41.5 Å². The fourth-order valence-corrected chi connectivity index (χ4v) is 2.70. The standard InChI is InChI=1S/C20H30O7S.K.H/c1-12(2)14(5)10-26-19(21)16-7-8-17(18(9-16)28(23,24)25)20(22)27-11-15(6)13(3)4;;/h7-9,12-15H,10-11H2,1-6H3,(H,23,24,25);;/q;+1;-1. The van der Waals surface area contributed by atoms with Gasteiger partial charge in [-0.1, -0.05) is 41.5 Å². The van der Waals surface area contributed by atoms with Crippen LogP contribution in [-0.4, -0.2) is 38.1 Å². The number of ether oxygens (including phenoxy) is 2. The van der Waals surface area contributed by atoms with Crippen LogP contribution in [0.2, 0.25) is 0 Å². The monoisotopic (exact) mass is 454 g/mol. The summed E-state index contributed by atoms with van der Waals surface area (Å²) in [6.07, 6.45) is 0. The van der Waals surface area contributed by atoms with Crippen LogP contribution in [0, 0.1) is 23.7 Å². The first-order valence-corrected chi connectivity index (χ1v) is 10.7. The van der Waals surface area contributed by atoms with Gasteiger partial charge >= 0.3 is 63.3 Å². The molecule has 0 aliphatic carbocycles. The third-order valence-corrected chi connectivity index (χ3v) is 5.84. The summed E-state index contributed by atoms with van der Waals surface area (Å²) in [5.74, 6) is -0.817. The zero-order valence-electron chi connectivity index (χ0n) is 19.3. The summed E-state index contributed by atoms with van der Waals surface area (Å²) in [5, 5.41) is 0. The minimum Gasteiger partial charge on any atom is -1.00 e. The molecule has 0 aliphatic heterocycles. The molecule has 29 heavy (non-hydrogen) atoms. The van der Waals surface area contributed by atoms with Crippen LogP contribution < -0.4 is 51.4 Å². The van der Waals surface area contributed by atoms with Gasteiger partial charge in [-0.05, 0) is 41.9 Å². The minimum atomic E-state index is -4.74. The van der Waals surface area contributed by atoms with Crippen LogP contribution in [0.15, 0.2) is 23.1 Å². The molecule has 2 atom stereocenters. The minimum absolute atomic E-state index is 0. The fourth-order valence-electron chi connectivity index (χ4n) is 1.99. The number of benzene rings is 1. The van der Waals surface area contributed by atoms with E-state index in [1.165, 1.54) is 6.07 Å². The number of carbonyl (C=O) groups excluding carboxylic acids is 2. The molecule has 0 fully saturated rings. The molecular weight excluding hydrogens is 423 g/mol. The summed E-state index contributed by atoms with van der Waals surface area (Å²) < 4.78 is 43.3. The Bertz CT molecular complexity index is 809. The van der Waals surface area contributed by atoms with Crippen LogP contribution in [0.5, 0.6) is 0 Å². The van der Waals surface area contributed by atoms with Gasteiger partial charge in [-0.3, -0.25) is 4.55 Å². The van der Waals surface area contributed by atoms with E-state index in [-0.39, 0.29) is 94.9 Å². The van der Waals surface area contributed by atoms with E-state index in [4.69, 9.17) is 9.47 Å². The molecule has 0 bridgehead atoms. The van der Waals surface area contributed by atoms with Crippen molar-refractivity contribution < 1.29 is 84.8 Å². The van der Waals surface area contributed by atoms with E-state index in [2.05, 4.69) is 0 Å². The largest absolute Gasteiger partial charge is 1.00 e. The van der Waals surface area contributed by atoms with Crippen LogP contribution >= 0.6 is 0 Å². The maximum atomic E-state index is 12.3. The molecular formula is C20H31KO7S. The van der Waals surface area contributed by atoms with Crippen molar-refractivity contribution in [3.8, 4) is 0 Å². The van der Waals surface area contributed by atoms with Gasteiger partial charge in [0.2, 0.25) is 0 Å². The Morgan fingerprint density at radius 3 is 1.79 bits per heavy atom. The first kappa shape index (κ1) is 28.7. The Morgan fingerprint density at radius 2 is 1.38 bits per heavy atom. The summed E-state index contributed by atoms with van der Waals surface area (Å²) in [6.45, 7) is 12.1. The van der Waals surface area contributed by atoms with E-state index in [0.29, 0.717) is 5.92 Å². The van der Waals surface area contributed by atoms with Gasteiger partial charge in [-0.15, -0.1) is 0 Å². The number of hydrogen-bond donors (Lipinski definition) is 1. The van der Waals surface area contributed by atoms with E-state index < -0.39 is 27.0 Å². The Kier molecular flexibility index (Phi) is 12.4. The third-order valence-electron chi connectivity index (χ3n) is 4.95. The molecule has 0 saturated heterocycles. The molecule has 0 saturated carbocycles. The van der Waals surface area contributed by atoms with Gasteiger partial charge < -0.3 is 10.9 Å². The van der Waals surface area contributed by atoms with E-state index in [1.54, 1.807) is 0 Å². The molecule has 160 valence electrons. The van der Waals surface area contributed by atoms with Crippen molar-refractivity contribution in [3.05, 3.63) is 29.3 Å². The summed E-state index contributed by atoms with van der Waals surface area (Å²) in [6, 6.07) is 3.35. The average molecular weight is 455 g/mol. The fraction of sp³-hybridized carbons (Fsp3) is 0.600. The second-order valence-corrected chi connectivity index (χ2v) is 9.22. The van der Waals surface area contributed by atoms with Gasteiger partial charge in [0, 0.05) is 0 Å². The van der Waals surface area contributed by atoms with Gasteiger partial charge in [0.1, 0.15) is 4.90 Å². The van der Waals surface area contributed by atoms with Gasteiger partial charge in [0.05, 0.1) is 24.3 Å². The molecule has 9 heteroatoms. The van der Waals surface area contributed by atoms with Crippen molar-refractivity contribution in [2.45, 2.75) is 46.4 Å². The Balaban J connectivity index is 0. The quantitative estimate of drug-likeness (QED) is 0.336. The van der Waals surface area contributed by atoms with E-state index in [9.17, 15) is 22.6 Å². The molecule has 1 rings (SSSR count). The summed E-state index contributed by atoms with van der Waals surface area (Å²) in [7, 11) is -4.74. The topological polar surface area (TPSA) is 107 Å². The van der Waals surface area contributed by atoms with Crippen molar-refractivity contribution in [1.29, 1.82) is 0 Å². The molecule has 1 N–H and O–H groups in total. The third kappa shape index (κ3) is 9.16. The zero-order valence-corrected chi connectivity index (χ0v) is 22.2. The molecule has 2 unspecified atom stereocenters. The maximum Gasteiger partial charge on any atom is 1.00 e. The van der Waals surface area contributed by atoms with Gasteiger partial charge in [0.25, 0.3) is 10.1 Å². The van der Waals surface area contributed by atoms with Gasteiger partial charge in [0.15, 0.2) is 0 Å². The second-order valence-electron chi connectivity index (χ2n) is 7.83. The number of esters is 2. The predicted molar refractivity (Wildman–Crippen MR) is 106 cm³/mol. The first-order chi connectivity index (χ1) is 12.8. The molecule has 0 aromatic heterocycles. The van der Waals surface area contributed by atoms with Crippen LogP contribution in [0.1, 0.15) is 63.7 Å². The van der Waals surface area contributed by atoms with E-state index in [0.717, 1.165) is 12.1 Å². The van der Waals surface area contributed by atoms with Crippen LogP contribution in [0.25, 0.3) is 0 Å². The van der Waals surface area contributed by atoms with Crippen LogP contribution in [-0.2, 0) is 19.6 Å². The smallest absolute Gasteiger partial charge is 1.00 e. The summed E-state index contributed by atoms with van der Waals surface area (Å²) >= 11 is 0. The Labute approximate surface area is 217 Å². The first-order valence-electron chi connectivity index (χ1n) is 9.30. The molecule has 1 aromatic rings. The molecule has 0 heterocycles. The number of carbonyl (C=O) groups is 2. The van der Waals surface area contributed by atoms with E-state index >= 15 is 0 Å². The molecule has 1 aromatic carbocycles. The number of hydrogen-bond acceptors (Lipinski definition) is 6. The SMILES string of the molecule is CC(C)C(C)COC(=O)c1ccc(C(=O)OCC(C)C(C)C)c(S(=O)(=O)O)c1.[H-].[K+]. The Hall–Kier alpha value is -0.294. The molecule has 0 aliphatic rings. The van der Waals surface area contributed by atoms with Crippen LogP contribution in [0.4, 0.5) is 0 Å². The van der Waals surface area contributed by atoms with Gasteiger partial charge in [-0.2, -0.15) is 8.42 Å². The number of rotatable bonds is 9. The van der Waals surface area contributed by atoms with Crippen molar-refractivity contribution in [2.24, 2.45) is 23.7 Å². The molecule has 0 radical (unpaired) electrons. The normalized spacial score (nSPS) is 13.6. The predicted octanol–water partition coefficient (Wildman–Crippen LogP) is 0.948. The van der Waals surface area contributed by atoms with Crippen molar-refractivity contribution in [1.82, 2.24) is 0 Å². The van der Waals surface area contributed by atoms with Crippen molar-refractivity contribution in [2.75, 3.05) is 13.2 Å². The van der Waals surface area contributed by atoms with Gasteiger partial charge in [-0.25, -0.2) is 9.59 Å². The average Bonchev–Trinajstić information content (AvgIpc) is 2.61. The van der Waals surface area contributed by atoms with Crippen molar-refractivity contribution in [3.63, 3.8) is 0 Å². The molecule has 0 amide bonds. The summed E-state index contributed by atoms with van der Waals surface area (Å²) in [5.41, 5.74) is -0.402. The molecule has 0 spiro atoms. The second kappa shape index (κ2) is 12.5. The summed E-state index contributed by atoms with van der Waals surface area (Å²) in [4.78, 5) is 23.8. The van der Waals surface area contributed by atoms with Crippen LogP contribution in [0.3, 0.4) is 0 Å². The van der Waals surface area contributed by atoms with Crippen molar-refractivity contribution >= 4 is 22.1 Å². The zero-order chi connectivity index (χ0) is 21.6. The Morgan fingerprint density at radius 1 is 0.931 bits per heavy atom. The molecule has 7 nitrogen and oxygen atoms in total. The maximum absolute atomic E-state index is 12.3.